The van der Waals surface area contributed by atoms with E-state index in [9.17, 15) is 9.18 Å². The Hall–Kier alpha value is -2.40. The molecule has 4 rings (SSSR count). The first-order chi connectivity index (χ1) is 12.7. The van der Waals surface area contributed by atoms with Gasteiger partial charge in [0.2, 0.25) is 0 Å². The molecule has 2 aliphatic rings. The topological polar surface area (TPSA) is 44.8 Å². The summed E-state index contributed by atoms with van der Waals surface area (Å²) in [5.41, 5.74) is 3.98. The standard InChI is InChI=1S/C21H21FO4/c1-24-21(23)19-11-18-14(10-20(19)22)4-2-3-13-9-15(5-6-17(13)18)26-16-7-8-25-12-16/h5-6,9-11,16H,2-4,7-8,12H2,1H3/t16-/m1/s1. The van der Waals surface area contributed by atoms with Gasteiger partial charge in [0, 0.05) is 6.42 Å². The molecule has 0 unspecified atom stereocenters. The lowest BCUT2D eigenvalue weighted by atomic mass is 9.94. The van der Waals surface area contributed by atoms with Crippen molar-refractivity contribution in [1.29, 1.82) is 0 Å². The number of rotatable bonds is 3. The third-order valence-electron chi connectivity index (χ3n) is 5.05. The smallest absolute Gasteiger partial charge is 0.340 e. The fourth-order valence-corrected chi connectivity index (χ4v) is 3.72. The maximum Gasteiger partial charge on any atom is 0.340 e. The molecule has 1 saturated heterocycles. The molecule has 0 bridgehead atoms. The zero-order valence-corrected chi connectivity index (χ0v) is 14.7. The molecule has 0 aromatic heterocycles. The van der Waals surface area contributed by atoms with Crippen LogP contribution in [0.3, 0.4) is 0 Å². The monoisotopic (exact) mass is 356 g/mol. The van der Waals surface area contributed by atoms with Crippen LogP contribution in [0, 0.1) is 5.82 Å². The van der Waals surface area contributed by atoms with E-state index in [0.717, 1.165) is 60.3 Å². The quantitative estimate of drug-likeness (QED) is 0.782. The molecule has 0 amide bonds. The molecule has 1 fully saturated rings. The van der Waals surface area contributed by atoms with Crippen LogP contribution in [0.15, 0.2) is 30.3 Å². The van der Waals surface area contributed by atoms with Crippen molar-refractivity contribution < 1.29 is 23.4 Å². The second kappa shape index (κ2) is 7.08. The zero-order valence-electron chi connectivity index (χ0n) is 14.7. The lowest BCUT2D eigenvalue weighted by Crippen LogP contribution is -2.15. The van der Waals surface area contributed by atoms with Crippen molar-refractivity contribution in [2.45, 2.75) is 31.8 Å². The largest absolute Gasteiger partial charge is 0.488 e. The summed E-state index contributed by atoms with van der Waals surface area (Å²) in [5, 5.41) is 0. The van der Waals surface area contributed by atoms with E-state index in [1.807, 2.05) is 12.1 Å². The summed E-state index contributed by atoms with van der Waals surface area (Å²) in [4.78, 5) is 11.9. The molecule has 1 aliphatic heterocycles. The second-order valence-electron chi connectivity index (χ2n) is 6.76. The van der Waals surface area contributed by atoms with Crippen LogP contribution >= 0.6 is 0 Å². The number of hydrogen-bond acceptors (Lipinski definition) is 4. The van der Waals surface area contributed by atoms with Gasteiger partial charge in [-0.15, -0.1) is 0 Å². The van der Waals surface area contributed by atoms with Crippen molar-refractivity contribution in [3.8, 4) is 16.9 Å². The van der Waals surface area contributed by atoms with Crippen LogP contribution < -0.4 is 4.74 Å². The Morgan fingerprint density at radius 1 is 1.15 bits per heavy atom. The number of halogens is 1. The predicted molar refractivity (Wildman–Crippen MR) is 95.1 cm³/mol. The molecule has 26 heavy (non-hydrogen) atoms. The number of benzene rings is 2. The molecule has 0 spiro atoms. The number of aryl methyl sites for hydroxylation is 2. The van der Waals surface area contributed by atoms with Gasteiger partial charge in [0.05, 0.1) is 25.9 Å². The molecule has 2 aromatic carbocycles. The first-order valence-electron chi connectivity index (χ1n) is 8.94. The third kappa shape index (κ3) is 3.19. The molecule has 4 nitrogen and oxygen atoms in total. The van der Waals surface area contributed by atoms with Crippen LogP contribution in [0.4, 0.5) is 4.39 Å². The Morgan fingerprint density at radius 3 is 2.69 bits per heavy atom. The maximum atomic E-state index is 14.3. The van der Waals surface area contributed by atoms with Gasteiger partial charge in [-0.1, -0.05) is 6.07 Å². The third-order valence-corrected chi connectivity index (χ3v) is 5.05. The minimum atomic E-state index is -0.655. The highest BCUT2D eigenvalue weighted by atomic mass is 19.1. The van der Waals surface area contributed by atoms with Gasteiger partial charge in [-0.3, -0.25) is 0 Å². The van der Waals surface area contributed by atoms with Gasteiger partial charge in [-0.25, -0.2) is 9.18 Å². The van der Waals surface area contributed by atoms with Crippen molar-refractivity contribution in [3.63, 3.8) is 0 Å². The predicted octanol–water partition coefficient (Wildman–Crippen LogP) is 3.94. The van der Waals surface area contributed by atoms with E-state index in [1.54, 1.807) is 6.07 Å². The van der Waals surface area contributed by atoms with Crippen LogP contribution in [0.1, 0.15) is 34.3 Å². The van der Waals surface area contributed by atoms with Crippen molar-refractivity contribution in [3.05, 3.63) is 52.8 Å². The van der Waals surface area contributed by atoms with Gasteiger partial charge < -0.3 is 14.2 Å². The fourth-order valence-electron chi connectivity index (χ4n) is 3.72. The van der Waals surface area contributed by atoms with Gasteiger partial charge in [0.1, 0.15) is 17.7 Å². The Balaban J connectivity index is 1.73. The van der Waals surface area contributed by atoms with Crippen molar-refractivity contribution in [2.75, 3.05) is 20.3 Å². The molecule has 5 heteroatoms. The highest BCUT2D eigenvalue weighted by Gasteiger charge is 2.22. The van der Waals surface area contributed by atoms with E-state index in [1.165, 1.54) is 13.2 Å². The van der Waals surface area contributed by atoms with Crippen molar-refractivity contribution >= 4 is 5.97 Å². The van der Waals surface area contributed by atoms with Crippen LogP contribution in [0.5, 0.6) is 5.75 Å². The molecular weight excluding hydrogens is 335 g/mol. The summed E-state index contributed by atoms with van der Waals surface area (Å²) < 4.78 is 30.4. The second-order valence-corrected chi connectivity index (χ2v) is 6.76. The molecule has 0 radical (unpaired) electrons. The first kappa shape index (κ1) is 17.0. The summed E-state index contributed by atoms with van der Waals surface area (Å²) in [6.07, 6.45) is 3.59. The van der Waals surface area contributed by atoms with E-state index in [-0.39, 0.29) is 11.7 Å². The van der Waals surface area contributed by atoms with Crippen molar-refractivity contribution in [2.24, 2.45) is 0 Å². The summed E-state index contributed by atoms with van der Waals surface area (Å²) in [7, 11) is 1.26. The Morgan fingerprint density at radius 2 is 1.96 bits per heavy atom. The van der Waals surface area contributed by atoms with E-state index in [4.69, 9.17) is 14.2 Å². The SMILES string of the molecule is COC(=O)c1cc2c(cc1F)CCCc1cc(O[C@@H]3CCOC3)ccc1-2. The first-order valence-corrected chi connectivity index (χ1v) is 8.94. The Kier molecular flexibility index (Phi) is 4.64. The molecule has 1 aliphatic carbocycles. The summed E-state index contributed by atoms with van der Waals surface area (Å²) in [6, 6.07) is 9.09. The lowest BCUT2D eigenvalue weighted by molar-refractivity contribution is 0.0595. The number of esters is 1. The molecule has 1 atom stereocenters. The summed E-state index contributed by atoms with van der Waals surface area (Å²) >= 11 is 0. The van der Waals surface area contributed by atoms with E-state index >= 15 is 0 Å². The van der Waals surface area contributed by atoms with Gasteiger partial charge in [-0.05, 0) is 65.8 Å². The van der Waals surface area contributed by atoms with E-state index in [2.05, 4.69) is 6.07 Å². The van der Waals surface area contributed by atoms with Crippen LogP contribution in [0.25, 0.3) is 11.1 Å². The average molecular weight is 356 g/mol. The normalized spacial score (nSPS) is 18.6. The summed E-state index contributed by atoms with van der Waals surface area (Å²) in [5.74, 6) is -0.351. The molecule has 136 valence electrons. The van der Waals surface area contributed by atoms with Gasteiger partial charge in [0.15, 0.2) is 0 Å². The van der Waals surface area contributed by atoms with E-state index < -0.39 is 11.8 Å². The highest BCUT2D eigenvalue weighted by molar-refractivity contribution is 5.92. The van der Waals surface area contributed by atoms with Gasteiger partial charge in [0.25, 0.3) is 0 Å². The molecule has 2 aromatic rings. The number of carbonyl (C=O) groups is 1. The number of hydrogen-bond donors (Lipinski definition) is 0. The highest BCUT2D eigenvalue weighted by Crippen LogP contribution is 2.36. The minimum absolute atomic E-state index is 0.0254. The van der Waals surface area contributed by atoms with Crippen LogP contribution in [-0.4, -0.2) is 32.4 Å². The number of methoxy groups -OCH3 is 1. The molecule has 0 saturated carbocycles. The number of fused-ring (bicyclic) bond motifs is 3. The van der Waals surface area contributed by atoms with E-state index in [0.29, 0.717) is 6.61 Å². The van der Waals surface area contributed by atoms with Crippen LogP contribution in [-0.2, 0) is 22.3 Å². The van der Waals surface area contributed by atoms with Crippen molar-refractivity contribution in [1.82, 2.24) is 0 Å². The Bertz CT molecular complexity index is 840. The van der Waals surface area contributed by atoms with Crippen LogP contribution in [0.2, 0.25) is 0 Å². The van der Waals surface area contributed by atoms with Gasteiger partial charge >= 0.3 is 5.97 Å². The molecule has 0 N–H and O–H groups in total. The number of ether oxygens (including phenoxy) is 3. The van der Waals surface area contributed by atoms with Gasteiger partial charge in [-0.2, -0.15) is 0 Å². The number of carbonyl (C=O) groups excluding carboxylic acids is 1. The molecular formula is C21H21FO4. The molecule has 1 heterocycles. The Labute approximate surface area is 151 Å². The maximum absolute atomic E-state index is 14.3. The fraction of sp³-hybridized carbons (Fsp3) is 0.381. The minimum Gasteiger partial charge on any atom is -0.488 e. The summed E-state index contributed by atoms with van der Waals surface area (Å²) in [6.45, 7) is 1.37. The zero-order chi connectivity index (χ0) is 18.1. The average Bonchev–Trinajstić information content (AvgIpc) is 3.08. The lowest BCUT2D eigenvalue weighted by Gasteiger charge is -2.16.